The van der Waals surface area contributed by atoms with Crippen LogP contribution in [0, 0.1) is 12.8 Å². The molecule has 4 rings (SSSR count). The molecule has 3 fully saturated rings. The summed E-state index contributed by atoms with van der Waals surface area (Å²) in [4.78, 5) is 40.8. The van der Waals surface area contributed by atoms with Gasteiger partial charge in [-0.25, -0.2) is 13.2 Å². The van der Waals surface area contributed by atoms with Crippen molar-refractivity contribution in [1.29, 1.82) is 0 Å². The number of nitrogens with zero attached hydrogens (tertiary/aromatic N) is 3. The Labute approximate surface area is 199 Å². The van der Waals surface area contributed by atoms with Crippen LogP contribution in [0.4, 0.5) is 4.79 Å². The Kier molecular flexibility index (Phi) is 6.61. The zero-order valence-corrected chi connectivity index (χ0v) is 20.4. The second kappa shape index (κ2) is 9.18. The van der Waals surface area contributed by atoms with Crippen LogP contribution in [0.15, 0.2) is 23.1 Å². The number of urea groups is 1. The summed E-state index contributed by atoms with van der Waals surface area (Å²) in [5.74, 6) is -0.486. The van der Waals surface area contributed by atoms with Gasteiger partial charge in [-0.05, 0) is 56.2 Å². The summed E-state index contributed by atoms with van der Waals surface area (Å²) < 4.78 is 27.2. The summed E-state index contributed by atoms with van der Waals surface area (Å²) in [7, 11) is -3.91. The number of piperazine rings is 1. The van der Waals surface area contributed by atoms with Crippen LogP contribution in [0.25, 0.3) is 0 Å². The zero-order valence-electron chi connectivity index (χ0n) is 19.6. The van der Waals surface area contributed by atoms with Gasteiger partial charge in [-0.2, -0.15) is 4.31 Å². The lowest BCUT2D eigenvalue weighted by atomic mass is 9.75. The summed E-state index contributed by atoms with van der Waals surface area (Å²) in [6.45, 7) is 3.90. The van der Waals surface area contributed by atoms with E-state index >= 15 is 0 Å². The van der Waals surface area contributed by atoms with Crippen molar-refractivity contribution in [2.45, 2.75) is 56.4 Å². The lowest BCUT2D eigenvalue weighted by molar-refractivity contribution is -0.140. The highest BCUT2D eigenvalue weighted by Gasteiger charge is 2.52. The molecule has 3 aliphatic rings. The van der Waals surface area contributed by atoms with Crippen LogP contribution in [0.2, 0.25) is 0 Å². The first-order valence-electron chi connectivity index (χ1n) is 11.8. The number of rotatable bonds is 5. The van der Waals surface area contributed by atoms with Crippen LogP contribution >= 0.6 is 0 Å². The highest BCUT2D eigenvalue weighted by atomic mass is 32.2. The maximum absolute atomic E-state index is 13.1. The van der Waals surface area contributed by atoms with E-state index in [1.54, 1.807) is 13.0 Å². The number of carbonyl (C=O) groups is 3. The van der Waals surface area contributed by atoms with Gasteiger partial charge >= 0.3 is 6.03 Å². The van der Waals surface area contributed by atoms with E-state index in [9.17, 15) is 27.9 Å². The van der Waals surface area contributed by atoms with Crippen molar-refractivity contribution in [1.82, 2.24) is 19.4 Å². The molecule has 0 aromatic heterocycles. The van der Waals surface area contributed by atoms with Crippen molar-refractivity contribution in [3.05, 3.63) is 23.8 Å². The Hall–Kier alpha value is -2.66. The number of hydrogen-bond acceptors (Lipinski definition) is 6. The van der Waals surface area contributed by atoms with Crippen molar-refractivity contribution in [3.8, 4) is 5.75 Å². The Morgan fingerprint density at radius 1 is 1.15 bits per heavy atom. The third-order valence-corrected chi connectivity index (χ3v) is 9.33. The Balaban J connectivity index is 1.36. The number of imide groups is 1. The van der Waals surface area contributed by atoms with Crippen molar-refractivity contribution in [3.63, 3.8) is 0 Å². The van der Waals surface area contributed by atoms with Gasteiger partial charge < -0.3 is 15.3 Å². The molecule has 1 saturated carbocycles. The molecule has 2 saturated heterocycles. The zero-order chi connectivity index (χ0) is 24.7. The molecule has 186 valence electrons. The molecule has 0 radical (unpaired) electrons. The SMILES string of the molecule is CCC1CCC2(CC1)NC(=O)N(CC(=O)N1CCN(S(=O)(=O)c3cc(C)ccc3O)CC1)C2=O. The molecule has 11 heteroatoms. The van der Waals surface area contributed by atoms with Crippen LogP contribution in [0.1, 0.15) is 44.6 Å². The molecule has 4 amide bonds. The Morgan fingerprint density at radius 2 is 1.79 bits per heavy atom. The van der Waals surface area contributed by atoms with E-state index in [0.717, 1.165) is 24.2 Å². The van der Waals surface area contributed by atoms with Gasteiger partial charge in [0.05, 0.1) is 0 Å². The molecule has 0 atom stereocenters. The molecule has 1 aromatic rings. The monoisotopic (exact) mass is 492 g/mol. The third kappa shape index (κ3) is 4.38. The van der Waals surface area contributed by atoms with E-state index in [-0.39, 0.29) is 49.3 Å². The minimum atomic E-state index is -3.91. The molecule has 0 unspecified atom stereocenters. The fourth-order valence-corrected chi connectivity index (χ4v) is 6.71. The minimum absolute atomic E-state index is 0.0595. The number of aromatic hydroxyl groups is 1. The molecule has 2 N–H and O–H groups in total. The first kappa shape index (κ1) is 24.5. The number of nitrogens with one attached hydrogen (secondary N) is 1. The number of amides is 4. The second-order valence-electron chi connectivity index (χ2n) is 9.51. The minimum Gasteiger partial charge on any atom is -0.507 e. The van der Waals surface area contributed by atoms with Gasteiger partial charge in [0.15, 0.2) is 0 Å². The molecular formula is C23H32N4O6S. The molecule has 34 heavy (non-hydrogen) atoms. The molecule has 1 aliphatic carbocycles. The van der Waals surface area contributed by atoms with E-state index < -0.39 is 27.5 Å². The van der Waals surface area contributed by atoms with Gasteiger partial charge in [0.2, 0.25) is 15.9 Å². The number of sulfonamides is 1. The van der Waals surface area contributed by atoms with E-state index in [1.165, 1.54) is 21.3 Å². The van der Waals surface area contributed by atoms with E-state index in [0.29, 0.717) is 24.3 Å². The average molecular weight is 493 g/mol. The summed E-state index contributed by atoms with van der Waals surface area (Å²) in [6.07, 6.45) is 3.96. The van der Waals surface area contributed by atoms with Gasteiger partial charge in [-0.1, -0.05) is 19.4 Å². The Bertz CT molecular complexity index is 1090. The van der Waals surface area contributed by atoms with E-state index in [4.69, 9.17) is 0 Å². The first-order chi connectivity index (χ1) is 16.1. The second-order valence-corrected chi connectivity index (χ2v) is 11.4. The van der Waals surface area contributed by atoms with Gasteiger partial charge in [0.1, 0.15) is 22.7 Å². The van der Waals surface area contributed by atoms with Crippen LogP contribution < -0.4 is 5.32 Å². The molecular weight excluding hydrogens is 460 g/mol. The smallest absolute Gasteiger partial charge is 0.325 e. The fourth-order valence-electron chi connectivity index (χ4n) is 5.12. The predicted octanol–water partition coefficient (Wildman–Crippen LogP) is 1.42. The van der Waals surface area contributed by atoms with E-state index in [1.807, 2.05) is 0 Å². The summed E-state index contributed by atoms with van der Waals surface area (Å²) >= 11 is 0. The summed E-state index contributed by atoms with van der Waals surface area (Å²) in [5, 5.41) is 12.9. The Morgan fingerprint density at radius 3 is 2.41 bits per heavy atom. The fraction of sp³-hybridized carbons (Fsp3) is 0.609. The number of hydrogen-bond donors (Lipinski definition) is 2. The van der Waals surface area contributed by atoms with Crippen molar-refractivity contribution >= 4 is 27.9 Å². The molecule has 0 bridgehead atoms. The van der Waals surface area contributed by atoms with E-state index in [2.05, 4.69) is 12.2 Å². The van der Waals surface area contributed by atoms with Crippen LogP contribution in [0.5, 0.6) is 5.75 Å². The number of phenolic OH excluding ortho intramolecular Hbond substituents is 1. The van der Waals surface area contributed by atoms with Crippen molar-refractivity contribution in [2.24, 2.45) is 5.92 Å². The standard InChI is InChI=1S/C23H32N4O6S/c1-3-17-6-8-23(9-7-17)21(30)27(22(31)24-23)15-20(29)25-10-12-26(13-11-25)34(32,33)19-14-16(2)4-5-18(19)28/h4-5,14,17,28H,3,6-13,15H2,1-2H3,(H,24,31). The third-order valence-electron chi connectivity index (χ3n) is 7.40. The van der Waals surface area contributed by atoms with Crippen molar-refractivity contribution < 1.29 is 27.9 Å². The van der Waals surface area contributed by atoms with Gasteiger partial charge in [0.25, 0.3) is 5.91 Å². The number of carbonyl (C=O) groups excluding carboxylic acids is 3. The molecule has 10 nitrogen and oxygen atoms in total. The highest BCUT2D eigenvalue weighted by Crippen LogP contribution is 2.37. The maximum atomic E-state index is 13.1. The number of phenols is 1. The molecule has 2 aliphatic heterocycles. The topological polar surface area (TPSA) is 127 Å². The van der Waals surface area contributed by atoms with Crippen LogP contribution in [-0.4, -0.2) is 83.7 Å². The molecule has 1 aromatic carbocycles. The predicted molar refractivity (Wildman–Crippen MR) is 123 cm³/mol. The van der Waals surface area contributed by atoms with Gasteiger partial charge in [-0.15, -0.1) is 0 Å². The molecule has 2 heterocycles. The number of aryl methyl sites for hydroxylation is 1. The number of benzene rings is 1. The lowest BCUT2D eigenvalue weighted by Gasteiger charge is -2.35. The van der Waals surface area contributed by atoms with Gasteiger partial charge in [0, 0.05) is 26.2 Å². The first-order valence-corrected chi connectivity index (χ1v) is 13.2. The molecule has 1 spiro atoms. The highest BCUT2D eigenvalue weighted by molar-refractivity contribution is 7.89. The maximum Gasteiger partial charge on any atom is 0.325 e. The van der Waals surface area contributed by atoms with Gasteiger partial charge in [-0.3, -0.25) is 14.5 Å². The lowest BCUT2D eigenvalue weighted by Crippen LogP contribution is -2.53. The van der Waals surface area contributed by atoms with Crippen LogP contribution in [0.3, 0.4) is 0 Å². The normalized spacial score (nSPS) is 26.2. The van der Waals surface area contributed by atoms with Crippen molar-refractivity contribution in [2.75, 3.05) is 32.7 Å². The largest absolute Gasteiger partial charge is 0.507 e. The summed E-state index contributed by atoms with van der Waals surface area (Å²) in [6, 6.07) is 3.86. The average Bonchev–Trinajstić information content (AvgIpc) is 3.05. The summed E-state index contributed by atoms with van der Waals surface area (Å²) in [5.41, 5.74) is -0.189. The van der Waals surface area contributed by atoms with Crippen LogP contribution in [-0.2, 0) is 19.6 Å². The quantitative estimate of drug-likeness (QED) is 0.599.